The lowest BCUT2D eigenvalue weighted by Gasteiger charge is -2.11. The molecule has 0 fully saturated rings. The fourth-order valence-corrected chi connectivity index (χ4v) is 2.34. The van der Waals surface area contributed by atoms with E-state index in [0.717, 1.165) is 0 Å². The molecule has 0 radical (unpaired) electrons. The highest BCUT2D eigenvalue weighted by atomic mass is 32.2. The number of nitrogens with two attached hydrogens (primary N) is 3. The number of nitrogens with one attached hydrogen (secondary N) is 1. The number of carbonyl (C=O) groups is 1. The van der Waals surface area contributed by atoms with E-state index in [4.69, 9.17) is 17.2 Å². The Morgan fingerprint density at radius 3 is 2.29 bits per heavy atom. The van der Waals surface area contributed by atoms with Crippen molar-refractivity contribution in [2.24, 2.45) is 0 Å². The van der Waals surface area contributed by atoms with Crippen LogP contribution in [0.2, 0.25) is 0 Å². The Balaban J connectivity index is 2.00. The van der Waals surface area contributed by atoms with Crippen molar-refractivity contribution in [1.82, 2.24) is 9.97 Å². The average molecular weight is 304 g/mol. The highest BCUT2D eigenvalue weighted by molar-refractivity contribution is 8.00. The summed E-state index contributed by atoms with van der Waals surface area (Å²) in [5, 5.41) is 2.75. The molecule has 0 saturated carbocycles. The van der Waals surface area contributed by atoms with Crippen molar-refractivity contribution < 1.29 is 4.79 Å². The van der Waals surface area contributed by atoms with Crippen molar-refractivity contribution >= 4 is 40.7 Å². The van der Waals surface area contributed by atoms with Crippen LogP contribution in [0.4, 0.5) is 23.0 Å². The SMILES string of the molecule is CC(Sc1nc(N)cc(N)n1)C(=O)Nc1ccc(N)cc1. The third-order valence-electron chi connectivity index (χ3n) is 2.57. The highest BCUT2D eigenvalue weighted by Gasteiger charge is 2.16. The zero-order chi connectivity index (χ0) is 15.4. The Hall–Kier alpha value is -2.48. The average Bonchev–Trinajstić information content (AvgIpc) is 2.40. The fraction of sp³-hybridized carbons (Fsp3) is 0.154. The molecule has 1 unspecified atom stereocenters. The normalized spacial score (nSPS) is 11.9. The number of rotatable bonds is 4. The molecule has 1 aromatic carbocycles. The van der Waals surface area contributed by atoms with Crippen LogP contribution < -0.4 is 22.5 Å². The molecule has 110 valence electrons. The second-order valence-corrected chi connectivity index (χ2v) is 5.68. The van der Waals surface area contributed by atoms with Crippen LogP contribution >= 0.6 is 11.8 Å². The van der Waals surface area contributed by atoms with E-state index in [1.165, 1.54) is 17.8 Å². The van der Waals surface area contributed by atoms with Gasteiger partial charge in [-0.05, 0) is 31.2 Å². The van der Waals surface area contributed by atoms with Gasteiger partial charge < -0.3 is 22.5 Å². The molecule has 0 aliphatic carbocycles. The second kappa shape index (κ2) is 6.31. The van der Waals surface area contributed by atoms with Gasteiger partial charge >= 0.3 is 0 Å². The predicted octanol–water partition coefficient (Wildman–Crippen LogP) is 1.34. The molecular weight excluding hydrogens is 288 g/mol. The molecular formula is C13H16N6OS. The van der Waals surface area contributed by atoms with Gasteiger partial charge in [0.25, 0.3) is 0 Å². The van der Waals surface area contributed by atoms with Crippen LogP contribution in [-0.4, -0.2) is 21.1 Å². The Morgan fingerprint density at radius 1 is 1.14 bits per heavy atom. The van der Waals surface area contributed by atoms with E-state index in [1.807, 2.05) is 0 Å². The Bertz CT molecular complexity index is 625. The standard InChI is InChI=1S/C13H16N6OS/c1-7(21-13-18-10(15)6-11(16)19-13)12(20)17-9-4-2-8(14)3-5-9/h2-7H,14H2,1H3,(H,17,20)(H4,15,16,18,19). The minimum absolute atomic E-state index is 0.172. The lowest BCUT2D eigenvalue weighted by atomic mass is 10.3. The van der Waals surface area contributed by atoms with Gasteiger partial charge in [0.2, 0.25) is 5.91 Å². The first-order chi connectivity index (χ1) is 9.94. The number of benzene rings is 1. The van der Waals surface area contributed by atoms with E-state index < -0.39 is 5.25 Å². The van der Waals surface area contributed by atoms with E-state index in [-0.39, 0.29) is 17.5 Å². The summed E-state index contributed by atoms with van der Waals surface area (Å²) >= 11 is 1.18. The molecule has 1 amide bonds. The fourth-order valence-electron chi connectivity index (χ4n) is 1.54. The maximum atomic E-state index is 12.1. The summed E-state index contributed by atoms with van der Waals surface area (Å²) in [7, 11) is 0. The quantitative estimate of drug-likeness (QED) is 0.380. The minimum atomic E-state index is -0.399. The summed E-state index contributed by atoms with van der Waals surface area (Å²) in [6.45, 7) is 1.75. The number of thioether (sulfide) groups is 1. The molecule has 0 spiro atoms. The third kappa shape index (κ3) is 4.25. The molecule has 0 aliphatic rings. The van der Waals surface area contributed by atoms with Gasteiger partial charge in [0.1, 0.15) is 11.6 Å². The van der Waals surface area contributed by atoms with Crippen molar-refractivity contribution in [3.8, 4) is 0 Å². The zero-order valence-corrected chi connectivity index (χ0v) is 12.2. The topological polar surface area (TPSA) is 133 Å². The smallest absolute Gasteiger partial charge is 0.237 e. The molecule has 1 atom stereocenters. The van der Waals surface area contributed by atoms with Crippen molar-refractivity contribution in [2.45, 2.75) is 17.3 Å². The number of carbonyl (C=O) groups excluding carboxylic acids is 1. The maximum absolute atomic E-state index is 12.1. The van der Waals surface area contributed by atoms with Gasteiger partial charge in [0.15, 0.2) is 5.16 Å². The first-order valence-corrected chi connectivity index (χ1v) is 7.05. The molecule has 7 N–H and O–H groups in total. The van der Waals surface area contributed by atoms with Gasteiger partial charge in [-0.25, -0.2) is 9.97 Å². The van der Waals surface area contributed by atoms with E-state index in [9.17, 15) is 4.79 Å². The summed E-state index contributed by atoms with van der Waals surface area (Å²) in [6, 6.07) is 8.37. The van der Waals surface area contributed by atoms with Crippen LogP contribution in [0, 0.1) is 0 Å². The largest absolute Gasteiger partial charge is 0.399 e. The van der Waals surface area contributed by atoms with E-state index in [1.54, 1.807) is 31.2 Å². The molecule has 7 nitrogen and oxygen atoms in total. The molecule has 2 rings (SSSR count). The predicted molar refractivity (Wildman–Crippen MR) is 85.7 cm³/mol. The van der Waals surface area contributed by atoms with Gasteiger partial charge in [-0.3, -0.25) is 4.79 Å². The first-order valence-electron chi connectivity index (χ1n) is 6.17. The van der Waals surface area contributed by atoms with Crippen LogP contribution in [0.5, 0.6) is 0 Å². The number of aromatic nitrogens is 2. The van der Waals surface area contributed by atoms with Crippen molar-refractivity contribution in [3.63, 3.8) is 0 Å². The summed E-state index contributed by atoms with van der Waals surface area (Å²) in [4.78, 5) is 20.1. The second-order valence-electron chi connectivity index (χ2n) is 4.37. The number of anilines is 4. The van der Waals surface area contributed by atoms with Gasteiger partial charge in [0.05, 0.1) is 5.25 Å². The molecule has 1 heterocycles. The summed E-state index contributed by atoms with van der Waals surface area (Å²) < 4.78 is 0. The van der Waals surface area contributed by atoms with Gasteiger partial charge in [-0.1, -0.05) is 11.8 Å². The van der Waals surface area contributed by atoms with Gasteiger partial charge in [-0.2, -0.15) is 0 Å². The molecule has 0 aliphatic heterocycles. The molecule has 1 aromatic heterocycles. The highest BCUT2D eigenvalue weighted by Crippen LogP contribution is 2.22. The van der Waals surface area contributed by atoms with Crippen LogP contribution in [0.1, 0.15) is 6.92 Å². The monoisotopic (exact) mass is 304 g/mol. The number of hydrogen-bond acceptors (Lipinski definition) is 7. The van der Waals surface area contributed by atoms with Gasteiger partial charge in [0, 0.05) is 17.4 Å². The number of nitrogens with zero attached hydrogens (tertiary/aromatic N) is 2. The summed E-state index contributed by atoms with van der Waals surface area (Å²) in [5.74, 6) is 0.377. The summed E-state index contributed by atoms with van der Waals surface area (Å²) in [5.41, 5.74) is 18.1. The first kappa shape index (κ1) is 14.9. The lowest BCUT2D eigenvalue weighted by Crippen LogP contribution is -2.22. The number of nitrogen functional groups attached to an aromatic ring is 3. The van der Waals surface area contributed by atoms with E-state index >= 15 is 0 Å². The minimum Gasteiger partial charge on any atom is -0.399 e. The van der Waals surface area contributed by atoms with Crippen LogP contribution in [0.25, 0.3) is 0 Å². The van der Waals surface area contributed by atoms with Crippen molar-refractivity contribution in [2.75, 3.05) is 22.5 Å². The van der Waals surface area contributed by atoms with Crippen molar-refractivity contribution in [3.05, 3.63) is 30.3 Å². The van der Waals surface area contributed by atoms with Gasteiger partial charge in [-0.15, -0.1) is 0 Å². The van der Waals surface area contributed by atoms with E-state index in [2.05, 4.69) is 15.3 Å². The third-order valence-corrected chi connectivity index (χ3v) is 3.54. The molecule has 21 heavy (non-hydrogen) atoms. The molecule has 2 aromatic rings. The lowest BCUT2D eigenvalue weighted by molar-refractivity contribution is -0.115. The number of hydrogen-bond donors (Lipinski definition) is 4. The Kier molecular flexibility index (Phi) is 4.49. The Morgan fingerprint density at radius 2 is 1.71 bits per heavy atom. The van der Waals surface area contributed by atoms with Crippen LogP contribution in [0.15, 0.2) is 35.5 Å². The summed E-state index contributed by atoms with van der Waals surface area (Å²) in [6.07, 6.45) is 0. The van der Waals surface area contributed by atoms with Crippen LogP contribution in [-0.2, 0) is 4.79 Å². The zero-order valence-electron chi connectivity index (χ0n) is 11.4. The Labute approximate surface area is 126 Å². The number of amides is 1. The molecule has 0 bridgehead atoms. The van der Waals surface area contributed by atoms with Crippen molar-refractivity contribution in [1.29, 1.82) is 0 Å². The van der Waals surface area contributed by atoms with E-state index in [0.29, 0.717) is 16.5 Å². The maximum Gasteiger partial charge on any atom is 0.237 e. The van der Waals surface area contributed by atoms with Crippen LogP contribution in [0.3, 0.4) is 0 Å². The molecule has 8 heteroatoms. The molecule has 0 saturated heterocycles.